The standard InChI is InChI=1S/C13H10FN5OS/c1-8-11(12(20)16-13-15-6-7-21-13)17-18-19(8)10-5-3-2-4-9(10)14/h2-7H,1H3,(H,15,16,20). The molecule has 0 saturated heterocycles. The molecule has 6 nitrogen and oxygen atoms in total. The summed E-state index contributed by atoms with van der Waals surface area (Å²) >= 11 is 1.30. The summed E-state index contributed by atoms with van der Waals surface area (Å²) in [5, 5.41) is 12.5. The number of carbonyl (C=O) groups excluding carboxylic acids is 1. The van der Waals surface area contributed by atoms with Crippen molar-refractivity contribution in [3.05, 3.63) is 53.0 Å². The number of nitrogens with one attached hydrogen (secondary N) is 1. The van der Waals surface area contributed by atoms with E-state index < -0.39 is 11.7 Å². The Hall–Kier alpha value is -2.61. The van der Waals surface area contributed by atoms with E-state index in [2.05, 4.69) is 20.6 Å². The van der Waals surface area contributed by atoms with Crippen LogP contribution in [0.5, 0.6) is 0 Å². The van der Waals surface area contributed by atoms with Gasteiger partial charge in [-0.2, -0.15) is 0 Å². The number of hydrogen-bond acceptors (Lipinski definition) is 5. The van der Waals surface area contributed by atoms with Gasteiger partial charge in [-0.25, -0.2) is 14.1 Å². The predicted molar refractivity (Wildman–Crippen MR) is 76.1 cm³/mol. The first kappa shape index (κ1) is 13.4. The van der Waals surface area contributed by atoms with Gasteiger partial charge in [0.05, 0.1) is 5.69 Å². The van der Waals surface area contributed by atoms with Gasteiger partial charge in [0.1, 0.15) is 11.5 Å². The molecule has 21 heavy (non-hydrogen) atoms. The molecule has 0 atom stereocenters. The summed E-state index contributed by atoms with van der Waals surface area (Å²) in [4.78, 5) is 16.1. The number of carbonyl (C=O) groups is 1. The van der Waals surface area contributed by atoms with Crippen molar-refractivity contribution >= 4 is 22.4 Å². The molecule has 0 bridgehead atoms. The highest BCUT2D eigenvalue weighted by molar-refractivity contribution is 7.13. The van der Waals surface area contributed by atoms with Crippen molar-refractivity contribution in [2.75, 3.05) is 5.32 Å². The second-order valence-corrected chi connectivity index (χ2v) is 5.07. The minimum atomic E-state index is -0.433. The normalized spacial score (nSPS) is 10.6. The van der Waals surface area contributed by atoms with Crippen LogP contribution < -0.4 is 5.32 Å². The Morgan fingerprint density at radius 3 is 2.90 bits per heavy atom. The molecule has 0 radical (unpaired) electrons. The molecule has 0 aliphatic carbocycles. The first-order valence-electron chi connectivity index (χ1n) is 6.05. The number of thiazole rings is 1. The molecule has 2 aromatic heterocycles. The average molecular weight is 303 g/mol. The fourth-order valence-corrected chi connectivity index (χ4v) is 2.36. The van der Waals surface area contributed by atoms with Crippen LogP contribution in [0.1, 0.15) is 16.2 Å². The minimum Gasteiger partial charge on any atom is -0.296 e. The molecule has 0 saturated carbocycles. The number of anilines is 1. The Labute approximate surface area is 123 Å². The molecule has 3 rings (SSSR count). The number of halogens is 1. The Kier molecular flexibility index (Phi) is 3.44. The van der Waals surface area contributed by atoms with Gasteiger partial charge in [-0.05, 0) is 19.1 Å². The Balaban J connectivity index is 1.93. The van der Waals surface area contributed by atoms with Crippen LogP contribution in [0.2, 0.25) is 0 Å². The van der Waals surface area contributed by atoms with Gasteiger partial charge in [-0.3, -0.25) is 10.1 Å². The Morgan fingerprint density at radius 2 is 2.19 bits per heavy atom. The largest absolute Gasteiger partial charge is 0.296 e. The zero-order chi connectivity index (χ0) is 14.8. The Bertz CT molecular complexity index is 784. The van der Waals surface area contributed by atoms with E-state index in [0.717, 1.165) is 0 Å². The van der Waals surface area contributed by atoms with E-state index in [1.807, 2.05) is 0 Å². The number of rotatable bonds is 3. The summed E-state index contributed by atoms with van der Waals surface area (Å²) in [5.74, 6) is -0.859. The van der Waals surface area contributed by atoms with Crippen LogP contribution in [0.25, 0.3) is 5.69 Å². The van der Waals surface area contributed by atoms with E-state index in [1.165, 1.54) is 22.1 Å². The predicted octanol–water partition coefficient (Wildman–Crippen LogP) is 2.42. The highest BCUT2D eigenvalue weighted by atomic mass is 32.1. The van der Waals surface area contributed by atoms with Crippen LogP contribution in [-0.2, 0) is 0 Å². The van der Waals surface area contributed by atoms with E-state index in [0.29, 0.717) is 10.8 Å². The molecule has 0 aliphatic heterocycles. The lowest BCUT2D eigenvalue weighted by atomic mass is 10.2. The lowest BCUT2D eigenvalue weighted by Crippen LogP contribution is -2.14. The van der Waals surface area contributed by atoms with E-state index in [-0.39, 0.29) is 11.4 Å². The van der Waals surface area contributed by atoms with Crippen LogP contribution in [0.15, 0.2) is 35.8 Å². The summed E-state index contributed by atoms with van der Waals surface area (Å²) in [6, 6.07) is 6.17. The zero-order valence-corrected chi connectivity index (χ0v) is 11.8. The maximum Gasteiger partial charge on any atom is 0.279 e. The Morgan fingerprint density at radius 1 is 1.38 bits per heavy atom. The van der Waals surface area contributed by atoms with Crippen LogP contribution >= 0.6 is 11.3 Å². The van der Waals surface area contributed by atoms with Gasteiger partial charge in [0.25, 0.3) is 5.91 Å². The molecule has 0 spiro atoms. The minimum absolute atomic E-state index is 0.133. The zero-order valence-electron chi connectivity index (χ0n) is 10.9. The third-order valence-electron chi connectivity index (χ3n) is 2.84. The van der Waals surface area contributed by atoms with Crippen molar-refractivity contribution in [2.24, 2.45) is 0 Å². The summed E-state index contributed by atoms with van der Waals surface area (Å²) in [6.45, 7) is 1.66. The summed E-state index contributed by atoms with van der Waals surface area (Å²) in [5.41, 5.74) is 0.832. The van der Waals surface area contributed by atoms with Gasteiger partial charge in [-0.1, -0.05) is 17.3 Å². The van der Waals surface area contributed by atoms with E-state index in [9.17, 15) is 9.18 Å². The van der Waals surface area contributed by atoms with E-state index in [1.54, 1.807) is 36.7 Å². The maximum absolute atomic E-state index is 13.8. The van der Waals surface area contributed by atoms with Crippen molar-refractivity contribution in [3.8, 4) is 5.69 Å². The van der Waals surface area contributed by atoms with Crippen molar-refractivity contribution < 1.29 is 9.18 Å². The van der Waals surface area contributed by atoms with Crippen LogP contribution in [0.4, 0.5) is 9.52 Å². The first-order chi connectivity index (χ1) is 10.2. The SMILES string of the molecule is Cc1c(C(=O)Nc2nccs2)nnn1-c1ccccc1F. The highest BCUT2D eigenvalue weighted by Gasteiger charge is 2.19. The van der Waals surface area contributed by atoms with E-state index >= 15 is 0 Å². The van der Waals surface area contributed by atoms with Gasteiger partial charge in [0.2, 0.25) is 0 Å². The third-order valence-corrected chi connectivity index (χ3v) is 3.53. The maximum atomic E-state index is 13.8. The molecule has 8 heteroatoms. The van der Waals surface area contributed by atoms with Gasteiger partial charge < -0.3 is 0 Å². The van der Waals surface area contributed by atoms with Crippen molar-refractivity contribution in [3.63, 3.8) is 0 Å². The quantitative estimate of drug-likeness (QED) is 0.806. The second kappa shape index (κ2) is 5.41. The molecule has 0 unspecified atom stereocenters. The van der Waals surface area contributed by atoms with Gasteiger partial charge in [0, 0.05) is 11.6 Å². The topological polar surface area (TPSA) is 72.7 Å². The number of aromatic nitrogens is 4. The van der Waals surface area contributed by atoms with Gasteiger partial charge in [-0.15, -0.1) is 16.4 Å². The van der Waals surface area contributed by atoms with Crippen molar-refractivity contribution in [1.82, 2.24) is 20.0 Å². The fraction of sp³-hybridized carbons (Fsp3) is 0.0769. The number of nitrogens with zero attached hydrogens (tertiary/aromatic N) is 4. The number of para-hydroxylation sites is 1. The molecule has 1 aromatic carbocycles. The van der Waals surface area contributed by atoms with Crippen molar-refractivity contribution in [2.45, 2.75) is 6.92 Å². The molecule has 106 valence electrons. The third kappa shape index (κ3) is 2.52. The van der Waals surface area contributed by atoms with Crippen LogP contribution in [-0.4, -0.2) is 25.9 Å². The monoisotopic (exact) mass is 303 g/mol. The molecular formula is C13H10FN5OS. The first-order valence-corrected chi connectivity index (χ1v) is 6.93. The molecular weight excluding hydrogens is 293 g/mol. The highest BCUT2D eigenvalue weighted by Crippen LogP contribution is 2.17. The van der Waals surface area contributed by atoms with Gasteiger partial charge in [0.15, 0.2) is 10.8 Å². The van der Waals surface area contributed by atoms with Crippen LogP contribution in [0.3, 0.4) is 0 Å². The molecule has 1 amide bonds. The fourth-order valence-electron chi connectivity index (χ4n) is 1.83. The summed E-state index contributed by atoms with van der Waals surface area (Å²) in [7, 11) is 0. The number of amides is 1. The molecule has 2 heterocycles. The lowest BCUT2D eigenvalue weighted by Gasteiger charge is -2.04. The van der Waals surface area contributed by atoms with Gasteiger partial charge >= 0.3 is 0 Å². The lowest BCUT2D eigenvalue weighted by molar-refractivity contribution is 0.102. The molecule has 0 aliphatic rings. The average Bonchev–Trinajstić information content (AvgIpc) is 3.09. The smallest absolute Gasteiger partial charge is 0.279 e. The number of hydrogen-bond donors (Lipinski definition) is 1. The number of benzene rings is 1. The molecule has 1 N–H and O–H groups in total. The molecule has 3 aromatic rings. The van der Waals surface area contributed by atoms with Crippen molar-refractivity contribution in [1.29, 1.82) is 0 Å². The van der Waals surface area contributed by atoms with Crippen LogP contribution in [0, 0.1) is 12.7 Å². The van der Waals surface area contributed by atoms with E-state index in [4.69, 9.17) is 0 Å². The molecule has 0 fully saturated rings. The summed E-state index contributed by atoms with van der Waals surface area (Å²) in [6.07, 6.45) is 1.59. The summed E-state index contributed by atoms with van der Waals surface area (Å²) < 4.78 is 15.1. The second-order valence-electron chi connectivity index (χ2n) is 4.18.